The highest BCUT2D eigenvalue weighted by molar-refractivity contribution is 5.50. The summed E-state index contributed by atoms with van der Waals surface area (Å²) in [6, 6.07) is 2.03. The molecule has 2 aromatic rings. The third-order valence-corrected chi connectivity index (χ3v) is 5.01. The third kappa shape index (κ3) is 2.60. The summed E-state index contributed by atoms with van der Waals surface area (Å²) in [6.45, 7) is 5.64. The van der Waals surface area contributed by atoms with Gasteiger partial charge in [0.15, 0.2) is 5.82 Å². The van der Waals surface area contributed by atoms with Gasteiger partial charge in [0.2, 0.25) is 0 Å². The number of morpholine rings is 1. The van der Waals surface area contributed by atoms with E-state index in [2.05, 4.69) is 47.4 Å². The van der Waals surface area contributed by atoms with Gasteiger partial charge in [-0.2, -0.15) is 10.1 Å². The summed E-state index contributed by atoms with van der Waals surface area (Å²) < 4.78 is 7.31. The van der Waals surface area contributed by atoms with Crippen molar-refractivity contribution in [3.05, 3.63) is 42.1 Å². The van der Waals surface area contributed by atoms with Crippen LogP contribution in [0, 0.1) is 0 Å². The lowest BCUT2D eigenvalue weighted by molar-refractivity contribution is 0.0135. The Labute approximate surface area is 152 Å². The molecule has 0 radical (unpaired) electrons. The molecule has 1 fully saturated rings. The lowest BCUT2D eigenvalue weighted by atomic mass is 10.2. The summed E-state index contributed by atoms with van der Waals surface area (Å²) in [7, 11) is 1.94. The SMILES string of the molecule is Cn1ccc(N2CC=CN2N2Cc3ncnc(N4CCOCC4)c3C2)n1. The molecule has 0 amide bonds. The molecule has 2 aromatic heterocycles. The maximum atomic E-state index is 5.48. The first-order valence-electron chi connectivity index (χ1n) is 8.93. The summed E-state index contributed by atoms with van der Waals surface area (Å²) in [4.78, 5) is 11.4. The number of hydrazine groups is 2. The molecule has 5 rings (SSSR count). The highest BCUT2D eigenvalue weighted by Crippen LogP contribution is 2.32. The van der Waals surface area contributed by atoms with E-state index in [1.54, 1.807) is 6.33 Å². The second kappa shape index (κ2) is 6.26. The second-order valence-corrected chi connectivity index (χ2v) is 6.68. The predicted molar refractivity (Wildman–Crippen MR) is 95.8 cm³/mol. The van der Waals surface area contributed by atoms with Crippen molar-refractivity contribution in [2.75, 3.05) is 42.8 Å². The number of hydrogen-bond donors (Lipinski definition) is 0. The minimum atomic E-state index is 0.755. The zero-order valence-electron chi connectivity index (χ0n) is 14.8. The summed E-state index contributed by atoms with van der Waals surface area (Å²) in [6.07, 6.45) is 7.89. The molecule has 3 aliphatic heterocycles. The number of aromatic nitrogens is 4. The molecule has 9 nitrogen and oxygen atoms in total. The fourth-order valence-electron chi connectivity index (χ4n) is 3.73. The average Bonchev–Trinajstić information content (AvgIpc) is 3.40. The Morgan fingerprint density at radius 2 is 2.00 bits per heavy atom. The molecule has 0 atom stereocenters. The van der Waals surface area contributed by atoms with E-state index >= 15 is 0 Å². The van der Waals surface area contributed by atoms with E-state index < -0.39 is 0 Å². The van der Waals surface area contributed by atoms with Gasteiger partial charge in [-0.25, -0.2) is 20.1 Å². The van der Waals surface area contributed by atoms with Crippen LogP contribution in [-0.2, 0) is 24.9 Å². The number of ether oxygens (including phenoxy) is 1. The number of hydrogen-bond acceptors (Lipinski definition) is 8. The normalized spacial score (nSPS) is 20.3. The molecule has 5 heterocycles. The Hall–Kier alpha value is -2.65. The average molecular weight is 354 g/mol. The molecular weight excluding hydrogens is 332 g/mol. The van der Waals surface area contributed by atoms with E-state index in [0.29, 0.717) is 0 Å². The van der Waals surface area contributed by atoms with Crippen molar-refractivity contribution >= 4 is 11.6 Å². The Balaban J connectivity index is 1.39. The molecule has 9 heteroatoms. The molecule has 3 aliphatic rings. The van der Waals surface area contributed by atoms with Gasteiger partial charge in [0.25, 0.3) is 0 Å². The van der Waals surface area contributed by atoms with Gasteiger partial charge in [0.1, 0.15) is 12.1 Å². The van der Waals surface area contributed by atoms with Crippen LogP contribution in [0.1, 0.15) is 11.3 Å². The van der Waals surface area contributed by atoms with Crippen molar-refractivity contribution in [1.82, 2.24) is 29.9 Å². The van der Waals surface area contributed by atoms with E-state index in [1.165, 1.54) is 5.56 Å². The van der Waals surface area contributed by atoms with Crippen molar-refractivity contribution in [1.29, 1.82) is 0 Å². The van der Waals surface area contributed by atoms with Crippen LogP contribution in [0.15, 0.2) is 30.9 Å². The van der Waals surface area contributed by atoms with E-state index in [-0.39, 0.29) is 0 Å². The van der Waals surface area contributed by atoms with E-state index in [1.807, 2.05) is 24.0 Å². The van der Waals surface area contributed by atoms with Gasteiger partial charge in [-0.1, -0.05) is 0 Å². The Morgan fingerprint density at radius 3 is 2.81 bits per heavy atom. The monoisotopic (exact) mass is 354 g/mol. The molecule has 0 aliphatic carbocycles. The molecule has 136 valence electrons. The predicted octanol–water partition coefficient (Wildman–Crippen LogP) is 0.528. The molecule has 1 saturated heterocycles. The van der Waals surface area contributed by atoms with Crippen molar-refractivity contribution in [2.45, 2.75) is 13.1 Å². The zero-order chi connectivity index (χ0) is 17.5. The topological polar surface area (TPSA) is 65.8 Å². The van der Waals surface area contributed by atoms with Crippen LogP contribution >= 0.6 is 0 Å². The van der Waals surface area contributed by atoms with Gasteiger partial charge in [0, 0.05) is 44.2 Å². The first-order valence-corrected chi connectivity index (χ1v) is 8.93. The largest absolute Gasteiger partial charge is 0.378 e. The summed E-state index contributed by atoms with van der Waals surface area (Å²) >= 11 is 0. The lowest BCUT2D eigenvalue weighted by Crippen LogP contribution is -2.45. The standard InChI is InChI=1S/C17H22N8O/c1-21-6-3-16(20-21)24-4-2-5-25(24)23-11-14-15(12-23)18-13-19-17(14)22-7-9-26-10-8-22/h2-3,5-6,13H,4,7-12H2,1H3. The third-order valence-electron chi connectivity index (χ3n) is 5.01. The van der Waals surface area contributed by atoms with E-state index in [0.717, 1.165) is 63.3 Å². The van der Waals surface area contributed by atoms with Crippen LogP contribution in [0.4, 0.5) is 11.6 Å². The number of aryl methyl sites for hydroxylation is 1. The Kier molecular flexibility index (Phi) is 3.75. The zero-order valence-corrected chi connectivity index (χ0v) is 14.8. The van der Waals surface area contributed by atoms with Gasteiger partial charge in [-0.05, 0) is 6.08 Å². The van der Waals surface area contributed by atoms with Gasteiger partial charge >= 0.3 is 0 Å². The van der Waals surface area contributed by atoms with Crippen molar-refractivity contribution in [3.8, 4) is 0 Å². The van der Waals surface area contributed by atoms with Gasteiger partial charge in [-0.3, -0.25) is 4.68 Å². The second-order valence-electron chi connectivity index (χ2n) is 6.68. The highest BCUT2D eigenvalue weighted by atomic mass is 16.5. The minimum absolute atomic E-state index is 0.755. The lowest BCUT2D eigenvalue weighted by Gasteiger charge is -2.35. The van der Waals surface area contributed by atoms with E-state index in [9.17, 15) is 0 Å². The maximum absolute atomic E-state index is 5.48. The van der Waals surface area contributed by atoms with Gasteiger partial charge in [-0.15, -0.1) is 0 Å². The Bertz CT molecular complexity index is 828. The van der Waals surface area contributed by atoms with Crippen LogP contribution in [0.3, 0.4) is 0 Å². The first-order chi connectivity index (χ1) is 12.8. The van der Waals surface area contributed by atoms with Gasteiger partial charge < -0.3 is 9.64 Å². The molecule has 0 unspecified atom stereocenters. The number of nitrogens with zero attached hydrogens (tertiary/aromatic N) is 8. The fourth-order valence-corrected chi connectivity index (χ4v) is 3.73. The minimum Gasteiger partial charge on any atom is -0.378 e. The number of anilines is 2. The van der Waals surface area contributed by atoms with Crippen LogP contribution in [0.5, 0.6) is 0 Å². The smallest absolute Gasteiger partial charge is 0.170 e. The van der Waals surface area contributed by atoms with Crippen molar-refractivity contribution < 1.29 is 4.74 Å². The Morgan fingerprint density at radius 1 is 1.12 bits per heavy atom. The molecular formula is C17H22N8O. The summed E-state index contributed by atoms with van der Waals surface area (Å²) in [5.74, 6) is 1.99. The molecule has 0 N–H and O–H groups in total. The molecule has 0 aromatic carbocycles. The van der Waals surface area contributed by atoms with Crippen LogP contribution in [0.25, 0.3) is 0 Å². The molecule has 0 spiro atoms. The molecule has 0 saturated carbocycles. The summed E-state index contributed by atoms with van der Waals surface area (Å²) in [5.41, 5.74) is 2.32. The van der Waals surface area contributed by atoms with Crippen molar-refractivity contribution in [2.24, 2.45) is 7.05 Å². The molecule has 0 bridgehead atoms. The maximum Gasteiger partial charge on any atom is 0.170 e. The van der Waals surface area contributed by atoms with Crippen LogP contribution in [0.2, 0.25) is 0 Å². The molecule has 26 heavy (non-hydrogen) atoms. The van der Waals surface area contributed by atoms with Crippen LogP contribution < -0.4 is 9.91 Å². The quantitative estimate of drug-likeness (QED) is 0.791. The highest BCUT2D eigenvalue weighted by Gasteiger charge is 2.33. The van der Waals surface area contributed by atoms with Crippen LogP contribution in [-0.4, -0.2) is 62.7 Å². The fraction of sp³-hybridized carbons (Fsp3) is 0.471. The summed E-state index contributed by atoms with van der Waals surface area (Å²) in [5, 5.41) is 11.1. The van der Waals surface area contributed by atoms with E-state index in [4.69, 9.17) is 4.74 Å². The number of fused-ring (bicyclic) bond motifs is 1. The van der Waals surface area contributed by atoms with Crippen molar-refractivity contribution in [3.63, 3.8) is 0 Å². The van der Waals surface area contributed by atoms with Gasteiger partial charge in [0.05, 0.1) is 38.5 Å². The number of rotatable bonds is 3. The first kappa shape index (κ1) is 15.6.